The number of rotatable bonds is 21. The van der Waals surface area contributed by atoms with Gasteiger partial charge in [-0.3, -0.25) is 0 Å². The van der Waals surface area contributed by atoms with Crippen LogP contribution in [0.25, 0.3) is 12.2 Å². The highest BCUT2D eigenvalue weighted by molar-refractivity contribution is 5.71. The van der Waals surface area contributed by atoms with Crippen LogP contribution in [0.2, 0.25) is 0 Å². The number of nitriles is 6. The number of hydrogen-bond donors (Lipinski definition) is 0. The van der Waals surface area contributed by atoms with Gasteiger partial charge in [-0.05, 0) is 105 Å². The quantitative estimate of drug-likeness (QED) is 0.0855. The van der Waals surface area contributed by atoms with Crippen LogP contribution >= 0.6 is 0 Å². The van der Waals surface area contributed by atoms with Gasteiger partial charge < -0.3 is 28.7 Å². The Morgan fingerprint density at radius 2 is 0.875 bits per heavy atom. The van der Waals surface area contributed by atoms with Gasteiger partial charge in [0, 0.05) is 59.8 Å². The van der Waals surface area contributed by atoms with Crippen molar-refractivity contribution in [3.63, 3.8) is 0 Å². The van der Waals surface area contributed by atoms with Crippen molar-refractivity contribution in [2.75, 3.05) is 49.2 Å². The molecule has 0 amide bonds. The van der Waals surface area contributed by atoms with Gasteiger partial charge in [0.25, 0.3) is 0 Å². The maximum Gasteiger partial charge on any atom is 0.172 e. The molecule has 2 heterocycles. The summed E-state index contributed by atoms with van der Waals surface area (Å²) in [5, 5.41) is 57.9. The summed E-state index contributed by atoms with van der Waals surface area (Å²) in [4.78, 5) is 4.50. The zero-order chi connectivity index (χ0) is 46.9. The molecule has 0 saturated heterocycles. The predicted octanol–water partition coefficient (Wildman–Crippen LogP) is 11.1. The maximum absolute atomic E-state index is 10.0. The minimum absolute atomic E-state index is 0.00892. The molecule has 12 nitrogen and oxygen atoms in total. The van der Waals surface area contributed by atoms with Gasteiger partial charge in [0.1, 0.15) is 70.3 Å². The third kappa shape index (κ3) is 11.7. The maximum atomic E-state index is 10.0. The highest BCUT2D eigenvalue weighted by Crippen LogP contribution is 2.42. The molecular formula is C52H58N8O4. The third-order valence-corrected chi connectivity index (χ3v) is 11.3. The number of ether oxygens (including phenoxy) is 4. The van der Waals surface area contributed by atoms with Crippen molar-refractivity contribution < 1.29 is 18.9 Å². The zero-order valence-corrected chi connectivity index (χ0v) is 38.5. The Balaban J connectivity index is 1.37. The Morgan fingerprint density at radius 1 is 0.531 bits per heavy atom. The van der Waals surface area contributed by atoms with E-state index in [1.165, 1.54) is 0 Å². The monoisotopic (exact) mass is 858 g/mol. The summed E-state index contributed by atoms with van der Waals surface area (Å²) in [5.41, 5.74) is 2.99. The molecule has 0 N–H and O–H groups in total. The minimum atomic E-state index is -0.921. The normalized spacial score (nSPS) is 14.8. The molecule has 2 aromatic carbocycles. The highest BCUT2D eigenvalue weighted by Gasteiger charge is 2.40. The summed E-state index contributed by atoms with van der Waals surface area (Å²) >= 11 is 0. The van der Waals surface area contributed by atoms with Crippen molar-refractivity contribution in [2.24, 2.45) is 0 Å². The van der Waals surface area contributed by atoms with E-state index in [9.17, 15) is 31.6 Å². The standard InChI is InChI=1S/C52H58N8O4/c1-9-59(10-2)41-21-25-47(37(29-41)19-23-45-43(35-57)49(39(31-53)32-54)63-51(45,5)6)61-27-17-15-13-14-16-18-28-62-48-26-22-42(60(11-3)12-4)30-38(48)20-24-46-44(36-58)50(40(33-55)34-56)64-52(46,7)8/h19-26,29-30H,9-18,27-28H2,1-8H3/b23-19+,24-20+. The number of unbranched alkanes of at least 4 members (excludes halogenated alkanes) is 5. The van der Waals surface area contributed by atoms with E-state index in [0.717, 1.165) is 98.7 Å². The van der Waals surface area contributed by atoms with Crippen LogP contribution in [-0.4, -0.2) is 50.6 Å². The SMILES string of the molecule is CCN(CC)c1ccc(OCCCCCCCCOc2ccc(N(CC)CC)cc2/C=C/C2=C(C#N)C(=C(C#N)C#N)OC2(C)C)c(/C=C/C2=C(C#N)C(=C(C#N)C#N)OC2(C)C)c1. The van der Waals surface area contributed by atoms with Crippen LogP contribution in [0.3, 0.4) is 0 Å². The van der Waals surface area contributed by atoms with Crippen molar-refractivity contribution in [1.82, 2.24) is 0 Å². The molecule has 2 aliphatic rings. The van der Waals surface area contributed by atoms with Crippen LogP contribution in [0.15, 0.2) is 93.5 Å². The number of allylic oxidation sites excluding steroid dienone is 4. The summed E-state index contributed by atoms with van der Waals surface area (Å²) in [5.74, 6) is 1.46. The molecule has 0 atom stereocenters. The average Bonchev–Trinajstić information content (AvgIpc) is 3.70. The van der Waals surface area contributed by atoms with Gasteiger partial charge in [-0.25, -0.2) is 0 Å². The lowest BCUT2D eigenvalue weighted by molar-refractivity contribution is 0.0951. The summed E-state index contributed by atoms with van der Waals surface area (Å²) in [7, 11) is 0. The van der Waals surface area contributed by atoms with Gasteiger partial charge in [-0.2, -0.15) is 31.6 Å². The van der Waals surface area contributed by atoms with Gasteiger partial charge >= 0.3 is 0 Å². The molecule has 64 heavy (non-hydrogen) atoms. The van der Waals surface area contributed by atoms with Crippen LogP contribution < -0.4 is 19.3 Å². The molecule has 330 valence electrons. The predicted molar refractivity (Wildman–Crippen MR) is 249 cm³/mol. The fourth-order valence-electron chi connectivity index (χ4n) is 7.75. The van der Waals surface area contributed by atoms with Crippen molar-refractivity contribution in [3.8, 4) is 47.9 Å². The first-order valence-corrected chi connectivity index (χ1v) is 22.0. The Bertz CT molecular complexity index is 2280. The number of nitrogens with zero attached hydrogens (tertiary/aromatic N) is 8. The molecule has 0 spiro atoms. The van der Waals surface area contributed by atoms with Crippen molar-refractivity contribution >= 4 is 23.5 Å². The van der Waals surface area contributed by atoms with Gasteiger partial charge in [-0.15, -0.1) is 0 Å². The molecule has 4 rings (SSSR count). The third-order valence-electron chi connectivity index (χ3n) is 11.3. The second-order valence-corrected chi connectivity index (χ2v) is 16.2. The summed E-state index contributed by atoms with van der Waals surface area (Å²) in [6.45, 7) is 20.1. The van der Waals surface area contributed by atoms with E-state index in [-0.39, 0.29) is 33.8 Å². The molecule has 0 unspecified atom stereocenters. The van der Waals surface area contributed by atoms with Crippen LogP contribution in [0.1, 0.15) is 105 Å². The lowest BCUT2D eigenvalue weighted by Crippen LogP contribution is -2.21. The van der Waals surface area contributed by atoms with Crippen LogP contribution in [0.4, 0.5) is 11.4 Å². The number of anilines is 2. The smallest absolute Gasteiger partial charge is 0.172 e. The van der Waals surface area contributed by atoms with Gasteiger partial charge in [0.05, 0.1) is 13.2 Å². The van der Waals surface area contributed by atoms with Crippen LogP contribution in [0, 0.1) is 68.0 Å². The molecule has 0 aliphatic carbocycles. The Hall–Kier alpha value is -7.38. The van der Waals surface area contributed by atoms with E-state index in [2.05, 4.69) is 73.9 Å². The van der Waals surface area contributed by atoms with E-state index in [1.807, 2.05) is 88.4 Å². The average molecular weight is 859 g/mol. The van der Waals surface area contributed by atoms with Crippen molar-refractivity contribution in [1.29, 1.82) is 31.6 Å². The van der Waals surface area contributed by atoms with E-state index < -0.39 is 11.2 Å². The number of hydrogen-bond acceptors (Lipinski definition) is 12. The first kappa shape index (κ1) is 49.3. The van der Waals surface area contributed by atoms with Crippen molar-refractivity contribution in [2.45, 2.75) is 105 Å². The molecule has 0 fully saturated rings. The highest BCUT2D eigenvalue weighted by atomic mass is 16.5. The van der Waals surface area contributed by atoms with Crippen LogP contribution in [0.5, 0.6) is 11.5 Å². The minimum Gasteiger partial charge on any atom is -0.493 e. The Labute approximate surface area is 379 Å². The molecule has 0 aromatic heterocycles. The van der Waals surface area contributed by atoms with E-state index in [4.69, 9.17) is 18.9 Å². The lowest BCUT2D eigenvalue weighted by Gasteiger charge is -2.23. The molecule has 2 aliphatic heterocycles. The summed E-state index contributed by atoms with van der Waals surface area (Å²) in [6, 6.07) is 23.9. The Kier molecular flexibility index (Phi) is 17.8. The van der Waals surface area contributed by atoms with E-state index in [0.29, 0.717) is 24.4 Å². The molecule has 0 bridgehead atoms. The largest absolute Gasteiger partial charge is 0.493 e. The first-order valence-electron chi connectivity index (χ1n) is 22.0. The molecule has 0 saturated carbocycles. The van der Waals surface area contributed by atoms with Crippen molar-refractivity contribution in [3.05, 3.63) is 105 Å². The second kappa shape index (κ2) is 23.2. The zero-order valence-electron chi connectivity index (χ0n) is 38.5. The molecular weight excluding hydrogens is 801 g/mol. The Morgan fingerprint density at radius 3 is 1.19 bits per heavy atom. The summed E-state index contributed by atoms with van der Waals surface area (Å²) in [6.07, 6.45) is 13.3. The fraction of sp³-hybridized carbons (Fsp3) is 0.423. The van der Waals surface area contributed by atoms with Gasteiger partial charge in [0.2, 0.25) is 0 Å². The summed E-state index contributed by atoms with van der Waals surface area (Å²) < 4.78 is 24.6. The molecule has 0 radical (unpaired) electrons. The lowest BCUT2D eigenvalue weighted by atomic mass is 9.94. The van der Waals surface area contributed by atoms with Gasteiger partial charge in [0.15, 0.2) is 22.7 Å². The first-order chi connectivity index (χ1) is 30.8. The van der Waals surface area contributed by atoms with E-state index >= 15 is 0 Å². The topological polar surface area (TPSA) is 186 Å². The second-order valence-electron chi connectivity index (χ2n) is 16.2. The van der Waals surface area contributed by atoms with Gasteiger partial charge in [-0.1, -0.05) is 50.0 Å². The van der Waals surface area contributed by atoms with E-state index in [1.54, 1.807) is 0 Å². The van der Waals surface area contributed by atoms with Crippen LogP contribution in [-0.2, 0) is 9.47 Å². The fourth-order valence-corrected chi connectivity index (χ4v) is 7.75. The molecule has 2 aromatic rings. The molecule has 12 heteroatoms. The number of benzene rings is 2.